The Bertz CT molecular complexity index is 429. The van der Waals surface area contributed by atoms with Gasteiger partial charge in [0.25, 0.3) is 0 Å². The Morgan fingerprint density at radius 3 is 2.88 bits per heavy atom. The lowest BCUT2D eigenvalue weighted by Gasteiger charge is -2.06. The van der Waals surface area contributed by atoms with Crippen molar-refractivity contribution < 1.29 is 4.74 Å². The Labute approximate surface area is 104 Å². The summed E-state index contributed by atoms with van der Waals surface area (Å²) in [6.07, 6.45) is 0. The summed E-state index contributed by atoms with van der Waals surface area (Å²) >= 11 is 3.42. The zero-order chi connectivity index (χ0) is 11.7. The third-order valence-corrected chi connectivity index (χ3v) is 3.18. The van der Waals surface area contributed by atoms with Gasteiger partial charge in [-0.3, -0.25) is 0 Å². The van der Waals surface area contributed by atoms with E-state index in [0.717, 1.165) is 10.0 Å². The van der Waals surface area contributed by atoms with Crippen LogP contribution in [0.1, 0.15) is 19.4 Å². The third-order valence-electron chi connectivity index (χ3n) is 2.69. The fraction of sp³-hybridized carbons (Fsp3) is 0.417. The molecule has 1 aliphatic rings. The van der Waals surface area contributed by atoms with Crippen molar-refractivity contribution in [1.82, 2.24) is 0 Å². The molecule has 0 spiro atoms. The predicted molar refractivity (Wildman–Crippen MR) is 69.7 cm³/mol. The van der Waals surface area contributed by atoms with Crippen LogP contribution in [0.2, 0.25) is 0 Å². The molecule has 1 unspecified atom stereocenters. The van der Waals surface area contributed by atoms with Crippen molar-refractivity contribution in [1.29, 1.82) is 0 Å². The van der Waals surface area contributed by atoms with Gasteiger partial charge < -0.3 is 10.5 Å². The fourth-order valence-electron chi connectivity index (χ4n) is 1.59. The Hall–Kier alpha value is -1.03. The first kappa shape index (κ1) is 11.5. The van der Waals surface area contributed by atoms with Gasteiger partial charge in [0.2, 0.25) is 5.90 Å². The smallest absolute Gasteiger partial charge is 0.218 e. The first-order valence-corrected chi connectivity index (χ1v) is 6.13. The number of nitrogens with two attached hydrogens (primary N) is 1. The van der Waals surface area contributed by atoms with E-state index in [2.05, 4.69) is 34.8 Å². The van der Waals surface area contributed by atoms with E-state index in [-0.39, 0.29) is 6.04 Å². The zero-order valence-electron chi connectivity index (χ0n) is 9.40. The van der Waals surface area contributed by atoms with Gasteiger partial charge in [0.1, 0.15) is 6.61 Å². The number of rotatable bonds is 2. The van der Waals surface area contributed by atoms with Gasteiger partial charge in [0, 0.05) is 10.2 Å². The van der Waals surface area contributed by atoms with Gasteiger partial charge in [-0.2, -0.15) is 0 Å². The van der Waals surface area contributed by atoms with Crippen LogP contribution in [-0.2, 0) is 4.74 Å². The normalized spacial score (nSPS) is 19.8. The van der Waals surface area contributed by atoms with Crippen LogP contribution >= 0.6 is 15.9 Å². The molecule has 0 aromatic heterocycles. The highest BCUT2D eigenvalue weighted by atomic mass is 79.9. The lowest BCUT2D eigenvalue weighted by atomic mass is 10.1. The predicted octanol–water partition coefficient (Wildman–Crippen LogP) is 2.83. The first-order chi connectivity index (χ1) is 7.58. The second-order valence-corrected chi connectivity index (χ2v) is 5.20. The van der Waals surface area contributed by atoms with E-state index >= 15 is 0 Å². The molecule has 4 heteroatoms. The standard InChI is InChI=1S/C12H15BrN2O/c1-7(2)11-6-16-12(15-11)9-5-8(13)3-4-10(9)14/h3-5,7,11H,6,14H2,1-2H3. The summed E-state index contributed by atoms with van der Waals surface area (Å²) in [5.74, 6) is 1.16. The van der Waals surface area contributed by atoms with Gasteiger partial charge >= 0.3 is 0 Å². The Balaban J connectivity index is 2.32. The SMILES string of the molecule is CC(C)C1COC(c2cc(Br)ccc2N)=N1. The van der Waals surface area contributed by atoms with Crippen LogP contribution < -0.4 is 5.73 Å². The summed E-state index contributed by atoms with van der Waals surface area (Å²) in [4.78, 5) is 4.55. The summed E-state index contributed by atoms with van der Waals surface area (Å²) in [6.45, 7) is 4.94. The number of halogens is 1. The lowest BCUT2D eigenvalue weighted by Crippen LogP contribution is -2.13. The molecule has 86 valence electrons. The van der Waals surface area contributed by atoms with Crippen molar-refractivity contribution in [3.05, 3.63) is 28.2 Å². The lowest BCUT2D eigenvalue weighted by molar-refractivity contribution is 0.292. The number of nitrogens with zero attached hydrogens (tertiary/aromatic N) is 1. The molecule has 0 saturated heterocycles. The van der Waals surface area contributed by atoms with E-state index in [0.29, 0.717) is 24.1 Å². The number of aliphatic imine (C=N–C) groups is 1. The van der Waals surface area contributed by atoms with Gasteiger partial charge in [0.15, 0.2) is 0 Å². The molecule has 1 atom stereocenters. The summed E-state index contributed by atoms with van der Waals surface area (Å²) in [5, 5.41) is 0. The molecule has 1 heterocycles. The van der Waals surface area contributed by atoms with Crippen molar-refractivity contribution in [2.24, 2.45) is 10.9 Å². The van der Waals surface area contributed by atoms with Gasteiger partial charge in [-0.1, -0.05) is 29.8 Å². The van der Waals surface area contributed by atoms with E-state index < -0.39 is 0 Å². The maximum Gasteiger partial charge on any atom is 0.218 e. The van der Waals surface area contributed by atoms with E-state index in [1.165, 1.54) is 0 Å². The number of ether oxygens (including phenoxy) is 1. The highest BCUT2D eigenvalue weighted by molar-refractivity contribution is 9.10. The van der Waals surface area contributed by atoms with Crippen LogP contribution in [-0.4, -0.2) is 18.5 Å². The van der Waals surface area contributed by atoms with Gasteiger partial charge in [-0.25, -0.2) is 4.99 Å². The van der Waals surface area contributed by atoms with E-state index in [1.807, 2.05) is 18.2 Å². The van der Waals surface area contributed by atoms with Crippen LogP contribution in [0.3, 0.4) is 0 Å². The number of hydrogen-bond donors (Lipinski definition) is 1. The highest BCUT2D eigenvalue weighted by Crippen LogP contribution is 2.24. The summed E-state index contributed by atoms with van der Waals surface area (Å²) in [6, 6.07) is 5.95. The van der Waals surface area contributed by atoms with Crippen molar-refractivity contribution in [2.75, 3.05) is 12.3 Å². The van der Waals surface area contributed by atoms with Crippen molar-refractivity contribution in [2.45, 2.75) is 19.9 Å². The average Bonchev–Trinajstić information content (AvgIpc) is 2.70. The largest absolute Gasteiger partial charge is 0.475 e. The minimum Gasteiger partial charge on any atom is -0.475 e. The summed E-state index contributed by atoms with van der Waals surface area (Å²) < 4.78 is 6.58. The minimum atomic E-state index is 0.244. The first-order valence-electron chi connectivity index (χ1n) is 5.34. The molecule has 1 aliphatic heterocycles. The molecular formula is C12H15BrN2O. The van der Waals surface area contributed by atoms with E-state index in [9.17, 15) is 0 Å². The topological polar surface area (TPSA) is 47.6 Å². The molecule has 0 radical (unpaired) electrons. The maximum absolute atomic E-state index is 5.91. The third kappa shape index (κ3) is 2.21. The zero-order valence-corrected chi connectivity index (χ0v) is 11.0. The average molecular weight is 283 g/mol. The highest BCUT2D eigenvalue weighted by Gasteiger charge is 2.23. The molecule has 0 aliphatic carbocycles. The van der Waals surface area contributed by atoms with Crippen molar-refractivity contribution >= 4 is 27.5 Å². The molecule has 2 rings (SSSR count). The number of anilines is 1. The Kier molecular flexibility index (Phi) is 3.19. The van der Waals surface area contributed by atoms with E-state index in [1.54, 1.807) is 0 Å². The molecule has 16 heavy (non-hydrogen) atoms. The van der Waals surface area contributed by atoms with Crippen LogP contribution in [0, 0.1) is 5.92 Å². The number of hydrogen-bond acceptors (Lipinski definition) is 3. The molecule has 0 amide bonds. The Morgan fingerprint density at radius 1 is 1.50 bits per heavy atom. The van der Waals surface area contributed by atoms with Crippen LogP contribution in [0.25, 0.3) is 0 Å². The van der Waals surface area contributed by atoms with Gasteiger partial charge in [0.05, 0.1) is 11.6 Å². The molecule has 2 N–H and O–H groups in total. The maximum atomic E-state index is 5.91. The molecular weight excluding hydrogens is 268 g/mol. The quantitative estimate of drug-likeness (QED) is 0.848. The van der Waals surface area contributed by atoms with Crippen molar-refractivity contribution in [3.63, 3.8) is 0 Å². The molecule has 1 aromatic carbocycles. The summed E-state index contributed by atoms with van der Waals surface area (Å²) in [7, 11) is 0. The number of benzene rings is 1. The molecule has 0 bridgehead atoms. The fourth-order valence-corrected chi connectivity index (χ4v) is 1.95. The van der Waals surface area contributed by atoms with Crippen LogP contribution in [0.5, 0.6) is 0 Å². The number of nitrogen functional groups attached to an aromatic ring is 1. The Morgan fingerprint density at radius 2 is 2.25 bits per heavy atom. The van der Waals surface area contributed by atoms with E-state index in [4.69, 9.17) is 10.5 Å². The van der Waals surface area contributed by atoms with Gasteiger partial charge in [-0.15, -0.1) is 0 Å². The minimum absolute atomic E-state index is 0.244. The van der Waals surface area contributed by atoms with Crippen LogP contribution in [0.4, 0.5) is 5.69 Å². The molecule has 3 nitrogen and oxygen atoms in total. The molecule has 0 fully saturated rings. The second kappa shape index (κ2) is 4.45. The monoisotopic (exact) mass is 282 g/mol. The van der Waals surface area contributed by atoms with Gasteiger partial charge in [-0.05, 0) is 24.1 Å². The van der Waals surface area contributed by atoms with Crippen molar-refractivity contribution in [3.8, 4) is 0 Å². The van der Waals surface area contributed by atoms with Crippen LogP contribution in [0.15, 0.2) is 27.7 Å². The molecule has 1 aromatic rings. The molecule has 0 saturated carbocycles. The second-order valence-electron chi connectivity index (χ2n) is 4.29. The summed E-state index contributed by atoms with van der Waals surface area (Å²) in [5.41, 5.74) is 7.48.